The van der Waals surface area contributed by atoms with Gasteiger partial charge in [0.1, 0.15) is 21.2 Å². The number of nitrogens with zero attached hydrogens (tertiary/aromatic N) is 4. The zero-order valence-electron chi connectivity index (χ0n) is 13.7. The molecule has 138 valence electrons. The number of aromatic nitrogens is 5. The molecule has 2 N–H and O–H groups in total. The standard InChI is InChI=1S/C16H11Cl2FN6OS/c1-7(14-24-12(17)13(18)27-14)23-8-4-9-11(10(19)5-8)22-6-25(15(9)26)16-20-2-3-21-16/h2-7,23H,1H3,(H,20,21). The number of nitrogens with one attached hydrogen (secondary N) is 2. The van der Waals surface area contributed by atoms with Gasteiger partial charge in [-0.2, -0.15) is 0 Å². The number of thiazole rings is 1. The summed E-state index contributed by atoms with van der Waals surface area (Å²) in [4.78, 5) is 27.8. The van der Waals surface area contributed by atoms with E-state index in [9.17, 15) is 9.18 Å². The molecule has 11 heteroatoms. The van der Waals surface area contributed by atoms with E-state index < -0.39 is 11.4 Å². The van der Waals surface area contributed by atoms with E-state index in [-0.39, 0.29) is 22.1 Å². The lowest BCUT2D eigenvalue weighted by Gasteiger charge is -2.14. The lowest BCUT2D eigenvalue weighted by atomic mass is 10.2. The molecule has 0 spiro atoms. The summed E-state index contributed by atoms with van der Waals surface area (Å²) in [6.07, 6.45) is 4.33. The third kappa shape index (κ3) is 3.29. The summed E-state index contributed by atoms with van der Waals surface area (Å²) in [7, 11) is 0. The molecule has 0 saturated heterocycles. The maximum absolute atomic E-state index is 14.5. The molecule has 3 aromatic heterocycles. The van der Waals surface area contributed by atoms with Crippen molar-refractivity contribution in [2.75, 3.05) is 5.32 Å². The van der Waals surface area contributed by atoms with Gasteiger partial charge in [-0.25, -0.2) is 23.9 Å². The first-order valence-corrected chi connectivity index (χ1v) is 9.30. The van der Waals surface area contributed by atoms with E-state index in [0.717, 1.165) is 0 Å². The molecule has 4 rings (SSSR count). The van der Waals surface area contributed by atoms with Crippen molar-refractivity contribution >= 4 is 51.1 Å². The molecular formula is C16H11Cl2FN6OS. The Kier molecular flexibility index (Phi) is 4.58. The SMILES string of the molecule is CC(Nc1cc(F)c2ncn(-c3ncc[nH]3)c(=O)c2c1)c1nc(Cl)c(Cl)s1. The Balaban J connectivity index is 1.75. The number of hydrogen-bond acceptors (Lipinski definition) is 6. The number of fused-ring (bicyclic) bond motifs is 1. The Labute approximate surface area is 165 Å². The minimum atomic E-state index is -0.610. The molecule has 27 heavy (non-hydrogen) atoms. The van der Waals surface area contributed by atoms with Crippen molar-refractivity contribution in [3.63, 3.8) is 0 Å². The molecule has 0 aliphatic heterocycles. The van der Waals surface area contributed by atoms with Gasteiger partial charge in [0.2, 0.25) is 5.95 Å². The molecule has 7 nitrogen and oxygen atoms in total. The quantitative estimate of drug-likeness (QED) is 0.512. The molecule has 1 atom stereocenters. The number of halogens is 3. The van der Waals surface area contributed by atoms with Crippen molar-refractivity contribution in [2.45, 2.75) is 13.0 Å². The van der Waals surface area contributed by atoms with Crippen LogP contribution in [0, 0.1) is 5.82 Å². The van der Waals surface area contributed by atoms with Crippen molar-refractivity contribution in [3.8, 4) is 5.95 Å². The van der Waals surface area contributed by atoms with Crippen molar-refractivity contribution in [1.82, 2.24) is 24.5 Å². The Morgan fingerprint density at radius 3 is 2.81 bits per heavy atom. The van der Waals surface area contributed by atoms with Crippen molar-refractivity contribution in [1.29, 1.82) is 0 Å². The molecule has 3 heterocycles. The first-order chi connectivity index (χ1) is 12.9. The Bertz CT molecular complexity index is 1170. The van der Waals surface area contributed by atoms with Crippen LogP contribution in [0.15, 0.2) is 35.6 Å². The largest absolute Gasteiger partial charge is 0.376 e. The smallest absolute Gasteiger partial charge is 0.268 e. The van der Waals surface area contributed by atoms with Gasteiger partial charge in [-0.3, -0.25) is 4.79 Å². The number of anilines is 1. The van der Waals surface area contributed by atoms with Crippen LogP contribution in [-0.4, -0.2) is 24.5 Å². The first-order valence-electron chi connectivity index (χ1n) is 7.73. The van der Waals surface area contributed by atoms with Crippen LogP contribution < -0.4 is 10.9 Å². The summed E-state index contributed by atoms with van der Waals surface area (Å²) in [5.41, 5.74) is -0.0436. The van der Waals surface area contributed by atoms with Gasteiger partial charge in [-0.15, -0.1) is 11.3 Å². The van der Waals surface area contributed by atoms with Gasteiger partial charge < -0.3 is 10.3 Å². The summed E-state index contributed by atoms with van der Waals surface area (Å²) >= 11 is 13.1. The van der Waals surface area contributed by atoms with Crippen LogP contribution in [0.25, 0.3) is 16.9 Å². The van der Waals surface area contributed by atoms with Crippen LogP contribution in [0.5, 0.6) is 0 Å². The highest BCUT2D eigenvalue weighted by atomic mass is 35.5. The maximum atomic E-state index is 14.5. The fourth-order valence-electron chi connectivity index (χ4n) is 2.61. The summed E-state index contributed by atoms with van der Waals surface area (Å²) < 4.78 is 16.1. The van der Waals surface area contributed by atoms with E-state index in [4.69, 9.17) is 23.2 Å². The normalized spacial score (nSPS) is 12.4. The fourth-order valence-corrected chi connectivity index (χ4v) is 3.83. The van der Waals surface area contributed by atoms with Crippen LogP contribution in [-0.2, 0) is 0 Å². The zero-order valence-corrected chi connectivity index (χ0v) is 16.0. The lowest BCUT2D eigenvalue weighted by Crippen LogP contribution is -2.20. The average Bonchev–Trinajstić information content (AvgIpc) is 3.26. The first kappa shape index (κ1) is 17.9. The highest BCUT2D eigenvalue weighted by molar-refractivity contribution is 7.16. The van der Waals surface area contributed by atoms with E-state index in [1.54, 1.807) is 12.3 Å². The molecular weight excluding hydrogens is 414 g/mol. The number of H-pyrrole nitrogens is 1. The Morgan fingerprint density at radius 2 is 2.15 bits per heavy atom. The van der Waals surface area contributed by atoms with Gasteiger partial charge >= 0.3 is 0 Å². The van der Waals surface area contributed by atoms with Crippen molar-refractivity contribution in [2.24, 2.45) is 0 Å². The van der Waals surface area contributed by atoms with E-state index in [0.29, 0.717) is 21.0 Å². The molecule has 4 aromatic rings. The molecule has 0 bridgehead atoms. The van der Waals surface area contributed by atoms with Crippen LogP contribution in [0.2, 0.25) is 9.49 Å². The second-order valence-electron chi connectivity index (χ2n) is 5.67. The highest BCUT2D eigenvalue weighted by Gasteiger charge is 2.16. The van der Waals surface area contributed by atoms with Crippen LogP contribution in [0.1, 0.15) is 18.0 Å². The van der Waals surface area contributed by atoms with Gasteiger partial charge in [0.05, 0.1) is 11.4 Å². The minimum absolute atomic E-state index is 0.0126. The van der Waals surface area contributed by atoms with Crippen molar-refractivity contribution < 1.29 is 4.39 Å². The number of hydrogen-bond donors (Lipinski definition) is 2. The molecule has 1 aromatic carbocycles. The zero-order chi connectivity index (χ0) is 19.1. The van der Waals surface area contributed by atoms with Gasteiger partial charge in [0.25, 0.3) is 5.56 Å². The molecule has 0 fully saturated rings. The number of aromatic amines is 1. The molecule has 0 radical (unpaired) electrons. The van der Waals surface area contributed by atoms with Crippen LogP contribution in [0.4, 0.5) is 10.1 Å². The Hall–Kier alpha value is -2.49. The van der Waals surface area contributed by atoms with Crippen molar-refractivity contribution in [3.05, 3.63) is 61.5 Å². The van der Waals surface area contributed by atoms with E-state index in [2.05, 4.69) is 25.3 Å². The van der Waals surface area contributed by atoms with E-state index in [1.165, 1.54) is 34.5 Å². The fraction of sp³-hybridized carbons (Fsp3) is 0.125. The topological polar surface area (TPSA) is 88.5 Å². The highest BCUT2D eigenvalue weighted by Crippen LogP contribution is 2.33. The molecule has 0 saturated carbocycles. The lowest BCUT2D eigenvalue weighted by molar-refractivity contribution is 0.635. The van der Waals surface area contributed by atoms with Gasteiger partial charge in [-0.05, 0) is 19.1 Å². The maximum Gasteiger partial charge on any atom is 0.268 e. The van der Waals surface area contributed by atoms with Crippen LogP contribution >= 0.6 is 34.5 Å². The predicted octanol–water partition coefficient (Wildman–Crippen LogP) is 4.18. The third-order valence-electron chi connectivity index (χ3n) is 3.85. The minimum Gasteiger partial charge on any atom is -0.376 e. The molecule has 0 aliphatic rings. The molecule has 0 aliphatic carbocycles. The molecule has 1 unspecified atom stereocenters. The predicted molar refractivity (Wildman–Crippen MR) is 104 cm³/mol. The average molecular weight is 425 g/mol. The summed E-state index contributed by atoms with van der Waals surface area (Å²) in [5, 5.41) is 4.09. The summed E-state index contributed by atoms with van der Waals surface area (Å²) in [6, 6.07) is 2.53. The van der Waals surface area contributed by atoms with E-state index in [1.807, 2.05) is 6.92 Å². The van der Waals surface area contributed by atoms with Gasteiger partial charge in [0, 0.05) is 18.1 Å². The van der Waals surface area contributed by atoms with E-state index >= 15 is 0 Å². The number of benzene rings is 1. The monoisotopic (exact) mass is 424 g/mol. The summed E-state index contributed by atoms with van der Waals surface area (Å²) in [5.74, 6) is -0.310. The summed E-state index contributed by atoms with van der Waals surface area (Å²) in [6.45, 7) is 1.83. The number of imidazole rings is 1. The van der Waals surface area contributed by atoms with Gasteiger partial charge in [0.15, 0.2) is 11.0 Å². The second-order valence-corrected chi connectivity index (χ2v) is 7.66. The Morgan fingerprint density at radius 1 is 1.33 bits per heavy atom. The van der Waals surface area contributed by atoms with Gasteiger partial charge in [-0.1, -0.05) is 23.2 Å². The third-order valence-corrected chi connectivity index (χ3v) is 5.76. The van der Waals surface area contributed by atoms with Crippen LogP contribution in [0.3, 0.4) is 0 Å². The second kappa shape index (κ2) is 6.91. The molecule has 0 amide bonds. The number of rotatable bonds is 4.